The molecule has 2 N–H and O–H groups in total. The quantitative estimate of drug-likeness (QED) is 0.864. The zero-order valence-corrected chi connectivity index (χ0v) is 11.8. The van der Waals surface area contributed by atoms with Crippen LogP contribution in [-0.4, -0.2) is 21.2 Å². The van der Waals surface area contributed by atoms with Crippen molar-refractivity contribution in [2.24, 2.45) is 0 Å². The van der Waals surface area contributed by atoms with Gasteiger partial charge in [0.1, 0.15) is 0 Å². The number of halogens is 1. The summed E-state index contributed by atoms with van der Waals surface area (Å²) in [6.07, 6.45) is 1.91. The summed E-state index contributed by atoms with van der Waals surface area (Å²) >= 11 is 4.98. The number of hydrogen-bond donors (Lipinski definition) is 1. The lowest BCUT2D eigenvalue weighted by molar-refractivity contribution is 0.926. The van der Waals surface area contributed by atoms with Crippen LogP contribution < -0.4 is 5.73 Å². The number of nitrogens with zero attached hydrogens (tertiary/aromatic N) is 3. The fraction of sp³-hybridized carbons (Fsp3) is 0.182. The Morgan fingerprint density at radius 3 is 2.71 bits per heavy atom. The zero-order valence-electron chi connectivity index (χ0n) is 9.44. The monoisotopic (exact) mass is 310 g/mol. The molecule has 1 aromatic carbocycles. The first-order valence-corrected chi connectivity index (χ1v) is 6.94. The van der Waals surface area contributed by atoms with E-state index in [0.29, 0.717) is 11.0 Å². The summed E-state index contributed by atoms with van der Waals surface area (Å²) in [4.78, 5) is 12.6. The second kappa shape index (κ2) is 5.01. The van der Waals surface area contributed by atoms with E-state index in [0.717, 1.165) is 15.6 Å². The third-order valence-corrected chi connectivity index (χ3v) is 3.85. The third-order valence-electron chi connectivity index (χ3n) is 2.25. The van der Waals surface area contributed by atoms with Gasteiger partial charge in [-0.2, -0.15) is 9.97 Å². The molecule has 2 rings (SSSR count). The van der Waals surface area contributed by atoms with Crippen LogP contribution in [0.5, 0.6) is 0 Å². The summed E-state index contributed by atoms with van der Waals surface area (Å²) in [6, 6.07) is 5.94. The first-order valence-electron chi connectivity index (χ1n) is 4.93. The van der Waals surface area contributed by atoms with Gasteiger partial charge in [-0.15, -0.1) is 0 Å². The Balaban J connectivity index is 2.60. The standard InChI is InChI=1S/C11H11BrN4S/c1-6-4-3-5-7(8(6)12)9-14-10(13)16-11(15-9)17-2/h3-5H,1-2H3,(H2,13,14,15,16). The minimum Gasteiger partial charge on any atom is -0.368 e. The Morgan fingerprint density at radius 1 is 1.24 bits per heavy atom. The lowest BCUT2D eigenvalue weighted by Crippen LogP contribution is -2.01. The molecule has 88 valence electrons. The van der Waals surface area contributed by atoms with Crippen molar-refractivity contribution in [2.75, 3.05) is 12.0 Å². The van der Waals surface area contributed by atoms with E-state index in [1.54, 1.807) is 0 Å². The predicted octanol–water partition coefficient (Wildman–Crippen LogP) is 2.91. The number of aromatic nitrogens is 3. The van der Waals surface area contributed by atoms with Crippen LogP contribution in [0.25, 0.3) is 11.4 Å². The second-order valence-corrected chi connectivity index (χ2v) is 5.01. The van der Waals surface area contributed by atoms with E-state index >= 15 is 0 Å². The van der Waals surface area contributed by atoms with Gasteiger partial charge in [-0.05, 0) is 34.7 Å². The first-order chi connectivity index (χ1) is 8.11. The number of aryl methyl sites for hydroxylation is 1. The van der Waals surface area contributed by atoms with E-state index in [1.807, 2.05) is 31.4 Å². The van der Waals surface area contributed by atoms with Gasteiger partial charge < -0.3 is 5.73 Å². The highest BCUT2D eigenvalue weighted by atomic mass is 79.9. The molecule has 0 spiro atoms. The maximum absolute atomic E-state index is 5.67. The number of rotatable bonds is 2. The molecule has 0 saturated carbocycles. The van der Waals surface area contributed by atoms with Gasteiger partial charge >= 0.3 is 0 Å². The topological polar surface area (TPSA) is 64.7 Å². The SMILES string of the molecule is CSc1nc(N)nc(-c2cccc(C)c2Br)n1. The molecule has 6 heteroatoms. The Hall–Kier alpha value is -1.14. The van der Waals surface area contributed by atoms with Gasteiger partial charge in [0.05, 0.1) is 0 Å². The third kappa shape index (κ3) is 2.58. The fourth-order valence-corrected chi connectivity index (χ4v) is 2.21. The zero-order chi connectivity index (χ0) is 12.4. The molecule has 0 fully saturated rings. The molecule has 0 amide bonds. The lowest BCUT2D eigenvalue weighted by atomic mass is 10.1. The van der Waals surface area contributed by atoms with Crippen LogP contribution in [-0.2, 0) is 0 Å². The summed E-state index contributed by atoms with van der Waals surface area (Å²) in [5.41, 5.74) is 7.73. The molecule has 0 aliphatic heterocycles. The van der Waals surface area contributed by atoms with Gasteiger partial charge in [0, 0.05) is 10.0 Å². The van der Waals surface area contributed by atoms with Gasteiger partial charge in [0.25, 0.3) is 0 Å². The number of nitrogens with two attached hydrogens (primary N) is 1. The number of nitrogen functional groups attached to an aromatic ring is 1. The normalized spacial score (nSPS) is 10.5. The van der Waals surface area contributed by atoms with Crippen LogP contribution in [0.1, 0.15) is 5.56 Å². The molecule has 0 radical (unpaired) electrons. The van der Waals surface area contributed by atoms with E-state index in [-0.39, 0.29) is 5.95 Å². The minimum absolute atomic E-state index is 0.243. The van der Waals surface area contributed by atoms with Crippen molar-refractivity contribution in [3.63, 3.8) is 0 Å². The largest absolute Gasteiger partial charge is 0.368 e. The van der Waals surface area contributed by atoms with Crippen LogP contribution in [0.4, 0.5) is 5.95 Å². The van der Waals surface area contributed by atoms with E-state index in [1.165, 1.54) is 11.8 Å². The molecule has 4 nitrogen and oxygen atoms in total. The van der Waals surface area contributed by atoms with Crippen LogP contribution in [0.15, 0.2) is 27.8 Å². The highest BCUT2D eigenvalue weighted by Crippen LogP contribution is 2.29. The fourth-order valence-electron chi connectivity index (χ4n) is 1.40. The first kappa shape index (κ1) is 12.3. The van der Waals surface area contributed by atoms with E-state index in [9.17, 15) is 0 Å². The highest BCUT2D eigenvalue weighted by Gasteiger charge is 2.10. The maximum Gasteiger partial charge on any atom is 0.224 e. The summed E-state index contributed by atoms with van der Waals surface area (Å²) in [6.45, 7) is 2.02. The number of anilines is 1. The highest BCUT2D eigenvalue weighted by molar-refractivity contribution is 9.10. The molecule has 0 atom stereocenters. The summed E-state index contributed by atoms with van der Waals surface area (Å²) in [5.74, 6) is 0.838. The molecule has 0 bridgehead atoms. The Bertz CT molecular complexity index is 559. The van der Waals surface area contributed by atoms with E-state index in [4.69, 9.17) is 5.73 Å². The number of hydrogen-bond acceptors (Lipinski definition) is 5. The van der Waals surface area contributed by atoms with Gasteiger partial charge in [-0.1, -0.05) is 30.0 Å². The van der Waals surface area contributed by atoms with Crippen molar-refractivity contribution in [1.82, 2.24) is 15.0 Å². The molecule has 17 heavy (non-hydrogen) atoms. The van der Waals surface area contributed by atoms with Crippen LogP contribution in [0.2, 0.25) is 0 Å². The van der Waals surface area contributed by atoms with Crippen molar-refractivity contribution >= 4 is 33.6 Å². The molecule has 1 aromatic heterocycles. The molecule has 0 unspecified atom stereocenters. The molecule has 0 saturated heterocycles. The molecule has 0 aliphatic rings. The average Bonchev–Trinajstić information content (AvgIpc) is 2.31. The molecule has 1 heterocycles. The lowest BCUT2D eigenvalue weighted by Gasteiger charge is -2.07. The van der Waals surface area contributed by atoms with E-state index < -0.39 is 0 Å². The van der Waals surface area contributed by atoms with Crippen molar-refractivity contribution in [1.29, 1.82) is 0 Å². The van der Waals surface area contributed by atoms with Crippen LogP contribution >= 0.6 is 27.7 Å². The predicted molar refractivity (Wildman–Crippen MR) is 73.9 cm³/mol. The Labute approximate surface area is 112 Å². The second-order valence-electron chi connectivity index (χ2n) is 3.44. The van der Waals surface area contributed by atoms with Gasteiger partial charge in [0.2, 0.25) is 5.95 Å². The average molecular weight is 311 g/mol. The minimum atomic E-state index is 0.243. The van der Waals surface area contributed by atoms with E-state index in [2.05, 4.69) is 30.9 Å². The molecular weight excluding hydrogens is 300 g/mol. The maximum atomic E-state index is 5.67. The van der Waals surface area contributed by atoms with Crippen LogP contribution in [0.3, 0.4) is 0 Å². The summed E-state index contributed by atoms with van der Waals surface area (Å²) in [7, 11) is 0. The summed E-state index contributed by atoms with van der Waals surface area (Å²) in [5, 5.41) is 0.626. The Kier molecular flexibility index (Phi) is 3.63. The Morgan fingerprint density at radius 2 is 2.00 bits per heavy atom. The smallest absolute Gasteiger partial charge is 0.224 e. The summed E-state index contributed by atoms with van der Waals surface area (Å²) < 4.78 is 0.984. The van der Waals surface area contributed by atoms with Gasteiger partial charge in [0.15, 0.2) is 11.0 Å². The van der Waals surface area contributed by atoms with Gasteiger partial charge in [-0.3, -0.25) is 0 Å². The molecule has 0 aliphatic carbocycles. The molecular formula is C11H11BrN4S. The number of benzene rings is 1. The van der Waals surface area contributed by atoms with Crippen LogP contribution in [0, 0.1) is 6.92 Å². The molecule has 2 aromatic rings. The van der Waals surface area contributed by atoms with Crippen molar-refractivity contribution in [3.8, 4) is 11.4 Å². The van der Waals surface area contributed by atoms with Crippen molar-refractivity contribution in [3.05, 3.63) is 28.2 Å². The van der Waals surface area contributed by atoms with Crippen molar-refractivity contribution in [2.45, 2.75) is 12.1 Å². The van der Waals surface area contributed by atoms with Gasteiger partial charge in [-0.25, -0.2) is 4.98 Å². The number of thioether (sulfide) groups is 1. The van der Waals surface area contributed by atoms with Crippen molar-refractivity contribution < 1.29 is 0 Å².